The lowest BCUT2D eigenvalue weighted by molar-refractivity contribution is -0.0229. The van der Waals surface area contributed by atoms with Crippen LogP contribution in [0.4, 0.5) is 0 Å². The Balaban J connectivity index is 2.03. The first-order valence-corrected chi connectivity index (χ1v) is 8.24. The molecule has 1 N–H and O–H groups in total. The van der Waals surface area contributed by atoms with Crippen molar-refractivity contribution in [3.8, 4) is 6.07 Å². The molecule has 114 valence electrons. The van der Waals surface area contributed by atoms with Gasteiger partial charge in [0, 0.05) is 25.8 Å². The van der Waals surface area contributed by atoms with E-state index in [1.54, 1.807) is 6.07 Å². The van der Waals surface area contributed by atoms with Gasteiger partial charge in [-0.05, 0) is 18.7 Å². The van der Waals surface area contributed by atoms with Crippen LogP contribution in [-0.2, 0) is 14.8 Å². The number of nitrogens with one attached hydrogen (secondary N) is 1. The van der Waals surface area contributed by atoms with Gasteiger partial charge in [0.25, 0.3) is 0 Å². The number of morpholine rings is 1. The highest BCUT2D eigenvalue weighted by atomic mass is 32.2. The summed E-state index contributed by atoms with van der Waals surface area (Å²) >= 11 is 0. The third kappa shape index (κ3) is 3.98. The molecule has 7 nitrogen and oxygen atoms in total. The van der Waals surface area contributed by atoms with Crippen molar-refractivity contribution in [3.63, 3.8) is 0 Å². The second-order valence-electron chi connectivity index (χ2n) is 4.70. The molecule has 0 bridgehead atoms. The summed E-state index contributed by atoms with van der Waals surface area (Å²) in [5, 5.41) is 8.93. The Morgan fingerprint density at radius 3 is 3.14 bits per heavy atom. The maximum atomic E-state index is 12.2. The van der Waals surface area contributed by atoms with Gasteiger partial charge in [-0.15, -0.1) is 0 Å². The molecular formula is C13H18N4O3S. The Morgan fingerprint density at radius 2 is 2.43 bits per heavy atom. The van der Waals surface area contributed by atoms with Crippen LogP contribution in [0.15, 0.2) is 23.2 Å². The quantitative estimate of drug-likeness (QED) is 0.819. The van der Waals surface area contributed by atoms with Crippen molar-refractivity contribution >= 4 is 10.0 Å². The van der Waals surface area contributed by atoms with Gasteiger partial charge >= 0.3 is 0 Å². The minimum Gasteiger partial charge on any atom is -0.374 e. The number of hydrogen-bond donors (Lipinski definition) is 1. The predicted octanol–water partition coefficient (Wildman–Crippen LogP) is -0.0477. The van der Waals surface area contributed by atoms with E-state index >= 15 is 0 Å². The van der Waals surface area contributed by atoms with Gasteiger partial charge in [-0.3, -0.25) is 4.90 Å². The number of sulfonamides is 1. The topological polar surface area (TPSA) is 95.3 Å². The summed E-state index contributed by atoms with van der Waals surface area (Å²) in [6, 6.07) is 4.65. The first-order chi connectivity index (χ1) is 10.1. The molecule has 1 saturated heterocycles. The van der Waals surface area contributed by atoms with Gasteiger partial charge in [0.2, 0.25) is 10.0 Å². The van der Waals surface area contributed by atoms with Gasteiger partial charge in [0.15, 0.2) is 5.69 Å². The van der Waals surface area contributed by atoms with Crippen LogP contribution in [-0.4, -0.2) is 57.2 Å². The molecule has 0 amide bonds. The lowest BCUT2D eigenvalue weighted by Crippen LogP contribution is -2.47. The van der Waals surface area contributed by atoms with Crippen molar-refractivity contribution in [2.75, 3.05) is 32.8 Å². The smallest absolute Gasteiger partial charge is 0.243 e. The maximum Gasteiger partial charge on any atom is 0.243 e. The number of aromatic nitrogens is 1. The van der Waals surface area contributed by atoms with Gasteiger partial charge < -0.3 is 4.74 Å². The number of ether oxygens (including phenoxy) is 1. The Labute approximate surface area is 124 Å². The summed E-state index contributed by atoms with van der Waals surface area (Å²) in [6.07, 6.45) is 1.21. The number of nitriles is 1. The van der Waals surface area contributed by atoms with E-state index in [1.165, 1.54) is 18.3 Å². The van der Waals surface area contributed by atoms with Crippen LogP contribution >= 0.6 is 0 Å². The minimum absolute atomic E-state index is 0.101. The average Bonchev–Trinajstić information content (AvgIpc) is 2.53. The first-order valence-electron chi connectivity index (χ1n) is 6.75. The van der Waals surface area contributed by atoms with E-state index in [1.807, 2.05) is 0 Å². The fourth-order valence-corrected chi connectivity index (χ4v) is 3.33. The molecular weight excluding hydrogens is 292 g/mol. The molecule has 1 aromatic heterocycles. The molecule has 0 radical (unpaired) electrons. The highest BCUT2D eigenvalue weighted by Crippen LogP contribution is 2.12. The van der Waals surface area contributed by atoms with E-state index in [9.17, 15) is 8.42 Å². The second kappa shape index (κ2) is 6.95. The zero-order valence-corrected chi connectivity index (χ0v) is 12.6. The van der Waals surface area contributed by atoms with Crippen molar-refractivity contribution in [1.82, 2.24) is 14.6 Å². The number of rotatable bonds is 5. The molecule has 2 rings (SSSR count). The zero-order chi connectivity index (χ0) is 15.3. The molecule has 1 unspecified atom stereocenters. The summed E-state index contributed by atoms with van der Waals surface area (Å²) < 4.78 is 32.5. The molecule has 1 aromatic rings. The zero-order valence-electron chi connectivity index (χ0n) is 11.8. The molecule has 0 aliphatic carbocycles. The van der Waals surface area contributed by atoms with Gasteiger partial charge in [-0.25, -0.2) is 18.1 Å². The lowest BCUT2D eigenvalue weighted by atomic mass is 10.3. The van der Waals surface area contributed by atoms with Crippen LogP contribution in [0.5, 0.6) is 0 Å². The van der Waals surface area contributed by atoms with Gasteiger partial charge in [-0.2, -0.15) is 5.26 Å². The average molecular weight is 310 g/mol. The number of nitrogens with zero attached hydrogens (tertiary/aromatic N) is 3. The van der Waals surface area contributed by atoms with E-state index in [-0.39, 0.29) is 23.2 Å². The molecule has 1 atom stereocenters. The van der Waals surface area contributed by atoms with Crippen LogP contribution < -0.4 is 4.72 Å². The van der Waals surface area contributed by atoms with Crippen molar-refractivity contribution in [2.45, 2.75) is 17.9 Å². The van der Waals surface area contributed by atoms with E-state index in [0.717, 1.165) is 13.1 Å². The molecule has 2 heterocycles. The fraction of sp³-hybridized carbons (Fsp3) is 0.538. The molecule has 0 aromatic carbocycles. The summed E-state index contributed by atoms with van der Waals surface area (Å²) in [5.74, 6) is 0. The van der Waals surface area contributed by atoms with Crippen LogP contribution in [0.2, 0.25) is 0 Å². The van der Waals surface area contributed by atoms with E-state index in [4.69, 9.17) is 10.00 Å². The molecule has 1 aliphatic rings. The molecule has 0 spiro atoms. The van der Waals surface area contributed by atoms with Crippen molar-refractivity contribution in [3.05, 3.63) is 24.0 Å². The van der Waals surface area contributed by atoms with E-state index in [2.05, 4.69) is 21.5 Å². The third-order valence-electron chi connectivity index (χ3n) is 3.34. The first kappa shape index (κ1) is 15.9. The van der Waals surface area contributed by atoms with Crippen molar-refractivity contribution in [1.29, 1.82) is 5.26 Å². The van der Waals surface area contributed by atoms with Gasteiger partial charge in [0.1, 0.15) is 11.0 Å². The molecule has 1 aliphatic heterocycles. The summed E-state index contributed by atoms with van der Waals surface area (Å²) in [6.45, 7) is 5.29. The number of likely N-dealkylation sites (N-methyl/N-ethyl adjacent to an activating group) is 1. The van der Waals surface area contributed by atoms with Crippen LogP contribution in [0.3, 0.4) is 0 Å². The molecule has 21 heavy (non-hydrogen) atoms. The molecule has 0 saturated carbocycles. The van der Waals surface area contributed by atoms with Crippen LogP contribution in [0, 0.1) is 11.3 Å². The predicted molar refractivity (Wildman–Crippen MR) is 76.0 cm³/mol. The Hall–Kier alpha value is -1.53. The third-order valence-corrected chi connectivity index (χ3v) is 4.79. The van der Waals surface area contributed by atoms with Crippen LogP contribution in [0.1, 0.15) is 12.6 Å². The highest BCUT2D eigenvalue weighted by molar-refractivity contribution is 7.89. The SMILES string of the molecule is CCN1CCOC(CNS(=O)(=O)c2cccnc2C#N)C1. The van der Waals surface area contributed by atoms with E-state index in [0.29, 0.717) is 13.2 Å². The highest BCUT2D eigenvalue weighted by Gasteiger charge is 2.24. The van der Waals surface area contributed by atoms with Gasteiger partial charge in [0.05, 0.1) is 12.7 Å². The number of pyridine rings is 1. The molecule has 8 heteroatoms. The number of hydrogen-bond acceptors (Lipinski definition) is 6. The summed E-state index contributed by atoms with van der Waals surface area (Å²) in [5.41, 5.74) is -0.107. The monoisotopic (exact) mass is 310 g/mol. The lowest BCUT2D eigenvalue weighted by Gasteiger charge is -2.32. The largest absolute Gasteiger partial charge is 0.374 e. The van der Waals surface area contributed by atoms with Crippen molar-refractivity contribution in [2.24, 2.45) is 0 Å². The van der Waals surface area contributed by atoms with E-state index < -0.39 is 10.0 Å². The molecule has 1 fully saturated rings. The van der Waals surface area contributed by atoms with Gasteiger partial charge in [-0.1, -0.05) is 6.92 Å². The fourth-order valence-electron chi connectivity index (χ4n) is 2.16. The Bertz CT molecular complexity index is 627. The normalized spacial score (nSPS) is 20.1. The maximum absolute atomic E-state index is 12.2. The minimum atomic E-state index is -3.76. The van der Waals surface area contributed by atoms with Crippen LogP contribution in [0.25, 0.3) is 0 Å². The Kier molecular flexibility index (Phi) is 5.25. The summed E-state index contributed by atoms with van der Waals surface area (Å²) in [7, 11) is -3.76. The summed E-state index contributed by atoms with van der Waals surface area (Å²) in [4.78, 5) is 5.86. The second-order valence-corrected chi connectivity index (χ2v) is 6.44. The van der Waals surface area contributed by atoms with Crippen molar-refractivity contribution < 1.29 is 13.2 Å². The standard InChI is InChI=1S/C13H18N4O3S/c1-2-17-6-7-20-11(10-17)9-16-21(18,19)13-4-3-5-15-12(13)8-14/h3-5,11,16H,2,6-7,9-10H2,1H3. The Morgan fingerprint density at radius 1 is 1.62 bits per heavy atom.